The lowest BCUT2D eigenvalue weighted by Gasteiger charge is -2.15. The molecule has 0 amide bonds. The Balaban J connectivity index is 3.00. The van der Waals surface area contributed by atoms with Crippen molar-refractivity contribution >= 4 is 15.9 Å². The third-order valence-corrected chi connectivity index (χ3v) is 3.83. The maximum Gasteiger partial charge on any atom is 0.0398 e. The Morgan fingerprint density at radius 1 is 1.13 bits per heavy atom. The van der Waals surface area contributed by atoms with Gasteiger partial charge in [-0.2, -0.15) is 0 Å². The molecule has 0 aromatic heterocycles. The molecule has 1 aromatic carbocycles. The molecule has 0 aliphatic heterocycles. The van der Waals surface area contributed by atoms with Crippen LogP contribution in [0.15, 0.2) is 18.2 Å². The minimum Gasteiger partial charge on any atom is -0.0839 e. The SMILES string of the molecule is CCCC(Br)c1cc(CC)ccc1CC. The van der Waals surface area contributed by atoms with Crippen molar-refractivity contribution in [3.05, 3.63) is 34.9 Å². The van der Waals surface area contributed by atoms with Gasteiger partial charge in [0.25, 0.3) is 0 Å². The van der Waals surface area contributed by atoms with Crippen molar-refractivity contribution < 1.29 is 0 Å². The van der Waals surface area contributed by atoms with E-state index < -0.39 is 0 Å². The number of alkyl halides is 1. The summed E-state index contributed by atoms with van der Waals surface area (Å²) >= 11 is 3.80. The maximum absolute atomic E-state index is 3.80. The number of aryl methyl sites for hydroxylation is 2. The zero-order chi connectivity index (χ0) is 11.3. The van der Waals surface area contributed by atoms with E-state index >= 15 is 0 Å². The molecule has 0 bridgehead atoms. The van der Waals surface area contributed by atoms with Gasteiger partial charge in [-0.05, 0) is 36.0 Å². The molecule has 0 saturated heterocycles. The van der Waals surface area contributed by atoms with Crippen LogP contribution in [0.1, 0.15) is 55.1 Å². The van der Waals surface area contributed by atoms with Crippen LogP contribution in [0, 0.1) is 0 Å². The second-order valence-corrected chi connectivity index (χ2v) is 5.10. The number of hydrogen-bond donors (Lipinski definition) is 0. The summed E-state index contributed by atoms with van der Waals surface area (Å²) in [5.41, 5.74) is 4.43. The van der Waals surface area contributed by atoms with E-state index in [1.165, 1.54) is 29.5 Å². The Morgan fingerprint density at radius 3 is 2.40 bits per heavy atom. The zero-order valence-electron chi connectivity index (χ0n) is 10.0. The summed E-state index contributed by atoms with van der Waals surface area (Å²) < 4.78 is 0. The van der Waals surface area contributed by atoms with E-state index in [4.69, 9.17) is 0 Å². The highest BCUT2D eigenvalue weighted by molar-refractivity contribution is 9.09. The zero-order valence-corrected chi connectivity index (χ0v) is 11.6. The van der Waals surface area contributed by atoms with Crippen LogP contribution in [0.2, 0.25) is 0 Å². The number of hydrogen-bond acceptors (Lipinski definition) is 0. The van der Waals surface area contributed by atoms with Crippen LogP contribution >= 0.6 is 15.9 Å². The highest BCUT2D eigenvalue weighted by Crippen LogP contribution is 2.31. The van der Waals surface area contributed by atoms with Gasteiger partial charge in [0.05, 0.1) is 0 Å². The largest absolute Gasteiger partial charge is 0.0839 e. The van der Waals surface area contributed by atoms with Crippen molar-refractivity contribution in [3.63, 3.8) is 0 Å². The molecule has 1 heteroatoms. The van der Waals surface area contributed by atoms with Crippen LogP contribution in [0.3, 0.4) is 0 Å². The normalized spacial score (nSPS) is 12.8. The molecule has 1 unspecified atom stereocenters. The maximum atomic E-state index is 3.80. The summed E-state index contributed by atoms with van der Waals surface area (Å²) in [4.78, 5) is 0.531. The third-order valence-electron chi connectivity index (χ3n) is 2.88. The molecular formula is C14H21Br. The monoisotopic (exact) mass is 268 g/mol. The van der Waals surface area contributed by atoms with Gasteiger partial charge < -0.3 is 0 Å². The minimum absolute atomic E-state index is 0.531. The van der Waals surface area contributed by atoms with Crippen LogP contribution in [-0.2, 0) is 12.8 Å². The van der Waals surface area contributed by atoms with Crippen LogP contribution in [-0.4, -0.2) is 0 Å². The first-order valence-corrected chi connectivity index (χ1v) is 6.90. The van der Waals surface area contributed by atoms with Crippen molar-refractivity contribution in [2.45, 2.75) is 51.3 Å². The second-order valence-electron chi connectivity index (χ2n) is 4.00. The average Bonchev–Trinajstić information content (AvgIpc) is 2.28. The third kappa shape index (κ3) is 3.34. The van der Waals surface area contributed by atoms with Gasteiger partial charge in [-0.3, -0.25) is 0 Å². The van der Waals surface area contributed by atoms with Gasteiger partial charge in [0.1, 0.15) is 0 Å². The topological polar surface area (TPSA) is 0 Å². The fraction of sp³-hybridized carbons (Fsp3) is 0.571. The summed E-state index contributed by atoms with van der Waals surface area (Å²) in [5, 5.41) is 0. The summed E-state index contributed by atoms with van der Waals surface area (Å²) in [7, 11) is 0. The van der Waals surface area contributed by atoms with Gasteiger partial charge >= 0.3 is 0 Å². The highest BCUT2D eigenvalue weighted by Gasteiger charge is 2.10. The average molecular weight is 269 g/mol. The minimum atomic E-state index is 0.531. The molecule has 0 aliphatic rings. The van der Waals surface area contributed by atoms with E-state index in [1.54, 1.807) is 0 Å². The van der Waals surface area contributed by atoms with Gasteiger partial charge in [-0.15, -0.1) is 0 Å². The van der Waals surface area contributed by atoms with Gasteiger partial charge in [0, 0.05) is 4.83 Å². The van der Waals surface area contributed by atoms with E-state index in [9.17, 15) is 0 Å². The van der Waals surface area contributed by atoms with E-state index in [0.29, 0.717) is 4.83 Å². The molecule has 15 heavy (non-hydrogen) atoms. The predicted molar refractivity (Wildman–Crippen MR) is 71.8 cm³/mol. The smallest absolute Gasteiger partial charge is 0.0398 e. The first kappa shape index (κ1) is 12.8. The van der Waals surface area contributed by atoms with Crippen molar-refractivity contribution in [2.24, 2.45) is 0 Å². The Bertz CT molecular complexity index is 304. The lowest BCUT2D eigenvalue weighted by Crippen LogP contribution is -1.97. The molecule has 0 fully saturated rings. The quantitative estimate of drug-likeness (QED) is 0.656. The molecule has 0 radical (unpaired) electrons. The molecule has 1 atom stereocenters. The predicted octanol–water partition coefficient (Wildman–Crippen LogP) is 5.05. The molecule has 0 spiro atoms. The van der Waals surface area contributed by atoms with Gasteiger partial charge in [-0.25, -0.2) is 0 Å². The fourth-order valence-corrected chi connectivity index (χ4v) is 2.77. The molecule has 0 saturated carbocycles. The number of halogens is 1. The molecule has 0 aliphatic carbocycles. The standard InChI is InChI=1S/C14H21Br/c1-4-7-14(15)13-10-11(5-2)8-9-12(13)6-3/h8-10,14H,4-7H2,1-3H3. The van der Waals surface area contributed by atoms with Crippen molar-refractivity contribution in [2.75, 3.05) is 0 Å². The van der Waals surface area contributed by atoms with Crippen LogP contribution < -0.4 is 0 Å². The number of rotatable bonds is 5. The molecule has 0 heterocycles. The fourth-order valence-electron chi connectivity index (χ4n) is 1.89. The molecule has 1 rings (SSSR count). The Kier molecular flexibility index (Phi) is 5.38. The molecule has 84 valence electrons. The molecular weight excluding hydrogens is 248 g/mol. The molecule has 0 nitrogen and oxygen atoms in total. The van der Waals surface area contributed by atoms with Gasteiger partial charge in [0.15, 0.2) is 0 Å². The van der Waals surface area contributed by atoms with Gasteiger partial charge in [0.2, 0.25) is 0 Å². The first-order chi connectivity index (χ1) is 7.22. The summed E-state index contributed by atoms with van der Waals surface area (Å²) in [5.74, 6) is 0. The Morgan fingerprint density at radius 2 is 1.87 bits per heavy atom. The van der Waals surface area contributed by atoms with E-state index in [2.05, 4.69) is 54.9 Å². The molecule has 1 aromatic rings. The summed E-state index contributed by atoms with van der Waals surface area (Å²) in [6.45, 7) is 6.69. The lowest BCUT2D eigenvalue weighted by atomic mass is 9.97. The summed E-state index contributed by atoms with van der Waals surface area (Å²) in [6.07, 6.45) is 4.71. The second kappa shape index (κ2) is 6.32. The highest BCUT2D eigenvalue weighted by atomic mass is 79.9. The van der Waals surface area contributed by atoms with Crippen molar-refractivity contribution in [1.82, 2.24) is 0 Å². The molecule has 0 N–H and O–H groups in total. The van der Waals surface area contributed by atoms with Crippen LogP contribution in [0.25, 0.3) is 0 Å². The van der Waals surface area contributed by atoms with E-state index in [1.807, 2.05) is 0 Å². The van der Waals surface area contributed by atoms with Crippen LogP contribution in [0.4, 0.5) is 0 Å². The van der Waals surface area contributed by atoms with Crippen molar-refractivity contribution in [1.29, 1.82) is 0 Å². The summed E-state index contributed by atoms with van der Waals surface area (Å²) in [6, 6.07) is 6.92. The van der Waals surface area contributed by atoms with E-state index in [0.717, 1.165) is 12.8 Å². The Hall–Kier alpha value is -0.300. The lowest BCUT2D eigenvalue weighted by molar-refractivity contribution is 0.779. The van der Waals surface area contributed by atoms with Crippen LogP contribution in [0.5, 0.6) is 0 Å². The van der Waals surface area contributed by atoms with Crippen molar-refractivity contribution in [3.8, 4) is 0 Å². The van der Waals surface area contributed by atoms with Gasteiger partial charge in [-0.1, -0.05) is 61.3 Å². The van der Waals surface area contributed by atoms with E-state index in [-0.39, 0.29) is 0 Å². The Labute approximate surface area is 102 Å². The first-order valence-electron chi connectivity index (χ1n) is 5.98. The number of benzene rings is 1.